The van der Waals surface area contributed by atoms with Gasteiger partial charge in [0.2, 0.25) is 0 Å². The molecule has 0 radical (unpaired) electrons. The summed E-state index contributed by atoms with van der Waals surface area (Å²) in [6, 6.07) is 0.387. The van der Waals surface area contributed by atoms with Crippen LogP contribution in [0.25, 0.3) is 0 Å². The summed E-state index contributed by atoms with van der Waals surface area (Å²) in [4.78, 5) is 0. The summed E-state index contributed by atoms with van der Waals surface area (Å²) in [6.07, 6.45) is 0. The zero-order valence-corrected chi connectivity index (χ0v) is 6.84. The largest absolute Gasteiger partial charge is 0.355 e. The van der Waals surface area contributed by atoms with Crippen molar-refractivity contribution >= 4 is 44.1 Å². The highest BCUT2D eigenvalue weighted by molar-refractivity contribution is 6.69. The fraction of sp³-hybridized carbons (Fsp3) is 1.00. The van der Waals surface area contributed by atoms with E-state index >= 15 is 0 Å². The Balaban J connectivity index is 3.34. The standard InChI is InChI=1S/C2H4Cl3NSi/c3-2(4,5)1-7-6/h6-7H,1H2. The molecule has 42 valence electrons. The number of nitrogens with one attached hydrogen (secondary N) is 1. The molecule has 0 spiro atoms. The van der Waals surface area contributed by atoms with E-state index in [1.54, 1.807) is 0 Å². The predicted octanol–water partition coefficient (Wildman–Crippen LogP) is 1.97. The number of halogens is 3. The van der Waals surface area contributed by atoms with Crippen LogP contribution in [0, 0.1) is 5.05 Å². The maximum atomic E-state index is 6.69. The summed E-state index contributed by atoms with van der Waals surface area (Å²) in [5.74, 6) is 0. The molecule has 0 atom stereocenters. The van der Waals surface area contributed by atoms with E-state index < -0.39 is 13.1 Å². The van der Waals surface area contributed by atoms with E-state index in [1.165, 1.54) is 0 Å². The summed E-state index contributed by atoms with van der Waals surface area (Å²) in [7, 11) is -0.436. The first-order valence-electron chi connectivity index (χ1n) is 1.62. The molecule has 0 saturated heterocycles. The number of alkyl halides is 3. The fourth-order valence-corrected chi connectivity index (χ4v) is 1.04. The van der Waals surface area contributed by atoms with Crippen molar-refractivity contribution in [3.63, 3.8) is 0 Å². The second-order valence-electron chi connectivity index (χ2n) is 1.02. The van der Waals surface area contributed by atoms with Crippen molar-refractivity contribution in [3.05, 3.63) is 0 Å². The maximum Gasteiger partial charge on any atom is 0.192 e. The van der Waals surface area contributed by atoms with Gasteiger partial charge in [-0.15, -0.1) is 0 Å². The van der Waals surface area contributed by atoms with Crippen molar-refractivity contribution in [2.24, 2.45) is 0 Å². The number of rotatable bonds is 1. The molecule has 0 aromatic carbocycles. The first-order chi connectivity index (χ1) is 3.06. The predicted molar refractivity (Wildman–Crippen MR) is 35.0 cm³/mol. The van der Waals surface area contributed by atoms with E-state index in [0.29, 0.717) is 6.04 Å². The van der Waals surface area contributed by atoms with Gasteiger partial charge in [0.1, 0.15) is 9.31 Å². The molecule has 0 aromatic heterocycles. The van der Waals surface area contributed by atoms with Crippen molar-refractivity contribution in [1.82, 2.24) is 0 Å². The van der Waals surface area contributed by atoms with Crippen LogP contribution in [0.1, 0.15) is 0 Å². The lowest BCUT2D eigenvalue weighted by Crippen LogP contribution is -1.99. The molecule has 0 fully saturated rings. The topological polar surface area (TPSA) is 23.9 Å². The van der Waals surface area contributed by atoms with Crippen LogP contribution in [0.2, 0.25) is 6.04 Å². The Bertz CT molecular complexity index is 67.8. The Morgan fingerprint density at radius 2 is 1.86 bits per heavy atom. The lowest BCUT2D eigenvalue weighted by molar-refractivity contribution is 1.23. The zero-order chi connectivity index (χ0) is 5.91. The quantitative estimate of drug-likeness (QED) is 0.467. The SMILES string of the molecule is N=[SiH]CC(Cl)(Cl)Cl. The van der Waals surface area contributed by atoms with Gasteiger partial charge in [0.15, 0.2) is 3.79 Å². The van der Waals surface area contributed by atoms with E-state index in [9.17, 15) is 0 Å². The van der Waals surface area contributed by atoms with Crippen molar-refractivity contribution in [3.8, 4) is 0 Å². The average Bonchev–Trinajstić information content (AvgIpc) is 1.30. The van der Waals surface area contributed by atoms with Crippen LogP contribution in [-0.2, 0) is 0 Å². The van der Waals surface area contributed by atoms with Gasteiger partial charge < -0.3 is 5.05 Å². The van der Waals surface area contributed by atoms with Gasteiger partial charge in [0.25, 0.3) is 0 Å². The monoisotopic (exact) mass is 175 g/mol. The van der Waals surface area contributed by atoms with E-state index in [-0.39, 0.29) is 0 Å². The maximum absolute atomic E-state index is 6.69. The van der Waals surface area contributed by atoms with Gasteiger partial charge in [-0.1, -0.05) is 34.8 Å². The number of hydrogen-bond acceptors (Lipinski definition) is 1. The van der Waals surface area contributed by atoms with Crippen LogP contribution >= 0.6 is 34.8 Å². The Labute approximate surface area is 59.3 Å². The van der Waals surface area contributed by atoms with Crippen LogP contribution in [0.5, 0.6) is 0 Å². The Morgan fingerprint density at radius 1 is 1.43 bits per heavy atom. The minimum atomic E-state index is -1.18. The minimum Gasteiger partial charge on any atom is -0.355 e. The first kappa shape index (κ1) is 7.89. The van der Waals surface area contributed by atoms with E-state index in [1.807, 2.05) is 0 Å². The third-order valence-corrected chi connectivity index (χ3v) is 2.39. The van der Waals surface area contributed by atoms with Gasteiger partial charge in [-0.25, -0.2) is 0 Å². The molecule has 7 heavy (non-hydrogen) atoms. The first-order valence-corrected chi connectivity index (χ1v) is 4.15. The molecule has 0 aliphatic rings. The molecule has 0 aliphatic heterocycles. The van der Waals surface area contributed by atoms with E-state index in [4.69, 9.17) is 39.9 Å². The summed E-state index contributed by atoms with van der Waals surface area (Å²) in [5.41, 5.74) is 0. The van der Waals surface area contributed by atoms with Gasteiger partial charge in [0, 0.05) is 6.04 Å². The number of hydrogen-bond donors (Lipinski definition) is 1. The molecule has 0 bridgehead atoms. The van der Waals surface area contributed by atoms with Gasteiger partial charge in [-0.3, -0.25) is 0 Å². The normalized spacial score (nSPS) is 11.3. The van der Waals surface area contributed by atoms with Crippen LogP contribution in [0.4, 0.5) is 0 Å². The molecule has 1 nitrogen and oxygen atoms in total. The molecule has 0 unspecified atom stereocenters. The van der Waals surface area contributed by atoms with Crippen molar-refractivity contribution < 1.29 is 0 Å². The van der Waals surface area contributed by atoms with Gasteiger partial charge in [-0.2, -0.15) is 0 Å². The molecular weight excluding hydrogens is 172 g/mol. The summed E-state index contributed by atoms with van der Waals surface area (Å²) in [5, 5.41) is 6.69. The zero-order valence-electron chi connectivity index (χ0n) is 3.42. The molecule has 0 rings (SSSR count). The van der Waals surface area contributed by atoms with Crippen LogP contribution in [0.15, 0.2) is 0 Å². The smallest absolute Gasteiger partial charge is 0.192 e. The highest BCUT2D eigenvalue weighted by atomic mass is 35.6. The second kappa shape index (κ2) is 3.02. The Morgan fingerprint density at radius 3 is 1.86 bits per heavy atom. The molecule has 0 heterocycles. The third kappa shape index (κ3) is 6.89. The average molecular weight is 177 g/mol. The lowest BCUT2D eigenvalue weighted by Gasteiger charge is -2.02. The van der Waals surface area contributed by atoms with Gasteiger partial charge >= 0.3 is 0 Å². The van der Waals surface area contributed by atoms with Crippen LogP contribution in [-0.4, -0.2) is 13.1 Å². The van der Waals surface area contributed by atoms with Crippen LogP contribution in [0.3, 0.4) is 0 Å². The van der Waals surface area contributed by atoms with Crippen molar-refractivity contribution in [2.45, 2.75) is 9.84 Å². The third-order valence-electron chi connectivity index (χ3n) is 0.334. The van der Waals surface area contributed by atoms with Crippen molar-refractivity contribution in [1.29, 1.82) is 5.05 Å². The molecular formula is C2H4Cl3NSi. The molecule has 0 aliphatic carbocycles. The molecule has 0 saturated carbocycles. The van der Waals surface area contributed by atoms with Gasteiger partial charge in [0.05, 0.1) is 0 Å². The lowest BCUT2D eigenvalue weighted by atomic mass is 10.9. The summed E-state index contributed by atoms with van der Waals surface area (Å²) >= 11 is 15.8. The van der Waals surface area contributed by atoms with E-state index in [0.717, 1.165) is 0 Å². The summed E-state index contributed by atoms with van der Waals surface area (Å²) in [6.45, 7) is 0. The molecule has 0 aromatic rings. The molecule has 5 heteroatoms. The molecule has 1 N–H and O–H groups in total. The van der Waals surface area contributed by atoms with Gasteiger partial charge in [-0.05, 0) is 0 Å². The highest BCUT2D eigenvalue weighted by Gasteiger charge is 2.16. The Kier molecular flexibility index (Phi) is 3.40. The van der Waals surface area contributed by atoms with Crippen LogP contribution < -0.4 is 0 Å². The fourth-order valence-electron chi connectivity index (χ4n) is 0.116. The second-order valence-corrected chi connectivity index (χ2v) is 4.36. The van der Waals surface area contributed by atoms with Crippen molar-refractivity contribution in [2.75, 3.05) is 0 Å². The molecule has 0 amide bonds. The summed E-state index contributed by atoms with van der Waals surface area (Å²) < 4.78 is -1.18. The highest BCUT2D eigenvalue weighted by Crippen LogP contribution is 2.28. The minimum absolute atomic E-state index is 0.387. The Hall–Kier alpha value is 0.887. The van der Waals surface area contributed by atoms with E-state index in [2.05, 4.69) is 0 Å².